The quantitative estimate of drug-likeness (QED) is 0.352. The molecule has 0 aliphatic carbocycles. The first-order valence-corrected chi connectivity index (χ1v) is 11.5. The second-order valence-electron chi connectivity index (χ2n) is 7.80. The van der Waals surface area contributed by atoms with Gasteiger partial charge in [0.05, 0.1) is 30.9 Å². The molecule has 0 atom stereocenters. The molecule has 3 rings (SSSR count). The van der Waals surface area contributed by atoms with Gasteiger partial charge in [0.1, 0.15) is 0 Å². The summed E-state index contributed by atoms with van der Waals surface area (Å²) in [4.78, 5) is 15.6. The molecule has 0 aliphatic rings. The van der Waals surface area contributed by atoms with Gasteiger partial charge in [-0.2, -0.15) is 5.10 Å². The van der Waals surface area contributed by atoms with Crippen molar-refractivity contribution in [3.63, 3.8) is 0 Å². The number of pyridine rings is 1. The van der Waals surface area contributed by atoms with E-state index < -0.39 is 5.97 Å². The Bertz CT molecular complexity index is 1060. The first-order chi connectivity index (χ1) is 16.0. The van der Waals surface area contributed by atoms with E-state index in [1.165, 1.54) is 0 Å². The molecule has 7 nitrogen and oxygen atoms in total. The highest BCUT2D eigenvalue weighted by molar-refractivity contribution is 6.30. The minimum atomic E-state index is -0.911. The van der Waals surface area contributed by atoms with Crippen molar-refractivity contribution in [2.75, 3.05) is 13.7 Å². The van der Waals surface area contributed by atoms with Gasteiger partial charge in [-0.05, 0) is 49.4 Å². The smallest absolute Gasteiger partial charge is 0.307 e. The summed E-state index contributed by atoms with van der Waals surface area (Å²) in [5.41, 5.74) is 2.84. The van der Waals surface area contributed by atoms with Crippen LogP contribution in [-0.4, -0.2) is 39.6 Å². The molecular weight excluding hydrogens is 442 g/mol. The number of rotatable bonds is 12. The van der Waals surface area contributed by atoms with Crippen LogP contribution in [0.5, 0.6) is 11.5 Å². The standard InChI is InChI=1S/C25H30ClN3O4/c1-4-17(5-2)24-19(16-29(28-24)22-12-11-20(26)15-27-22)9-7-13-33-25-18(14-23(30)31)8-6-10-21(25)32-3/h6,8,10-12,15-17H,4-5,7,9,13-14H2,1-3H3,(H,30,31). The molecule has 3 aromatic rings. The highest BCUT2D eigenvalue weighted by Crippen LogP contribution is 2.32. The highest BCUT2D eigenvalue weighted by atomic mass is 35.5. The van der Waals surface area contributed by atoms with Crippen molar-refractivity contribution in [3.05, 3.63) is 64.6 Å². The molecule has 0 bridgehead atoms. The number of aromatic nitrogens is 3. The number of methoxy groups -OCH3 is 1. The van der Waals surface area contributed by atoms with Gasteiger partial charge in [-0.25, -0.2) is 9.67 Å². The number of halogens is 1. The molecule has 176 valence electrons. The summed E-state index contributed by atoms with van der Waals surface area (Å²) < 4.78 is 13.2. The van der Waals surface area contributed by atoms with Crippen LogP contribution in [-0.2, 0) is 17.6 Å². The van der Waals surface area contributed by atoms with Crippen molar-refractivity contribution in [1.29, 1.82) is 0 Å². The third-order valence-electron chi connectivity index (χ3n) is 5.60. The third-order valence-corrected chi connectivity index (χ3v) is 5.82. The van der Waals surface area contributed by atoms with E-state index in [1.807, 2.05) is 16.9 Å². The van der Waals surface area contributed by atoms with Gasteiger partial charge in [0, 0.05) is 23.9 Å². The van der Waals surface area contributed by atoms with Gasteiger partial charge < -0.3 is 14.6 Å². The molecule has 0 saturated heterocycles. The van der Waals surface area contributed by atoms with Gasteiger partial charge in [0.25, 0.3) is 0 Å². The van der Waals surface area contributed by atoms with Crippen molar-refractivity contribution < 1.29 is 19.4 Å². The van der Waals surface area contributed by atoms with Gasteiger partial charge in [-0.1, -0.05) is 37.6 Å². The molecular formula is C25H30ClN3O4. The number of carboxylic acids is 1. The molecule has 0 unspecified atom stereocenters. The summed E-state index contributed by atoms with van der Waals surface area (Å²) in [6.07, 6.45) is 7.07. The lowest BCUT2D eigenvalue weighted by molar-refractivity contribution is -0.136. The summed E-state index contributed by atoms with van der Waals surface area (Å²) in [6, 6.07) is 8.95. The van der Waals surface area contributed by atoms with Crippen LogP contribution < -0.4 is 9.47 Å². The normalized spacial score (nSPS) is 11.1. The molecule has 0 spiro atoms. The predicted octanol–water partition coefficient (Wildman–Crippen LogP) is 5.47. The van der Waals surface area contributed by atoms with Crippen molar-refractivity contribution in [2.45, 2.75) is 51.9 Å². The van der Waals surface area contributed by atoms with Gasteiger partial charge >= 0.3 is 5.97 Å². The van der Waals surface area contributed by atoms with Crippen molar-refractivity contribution >= 4 is 17.6 Å². The monoisotopic (exact) mass is 471 g/mol. The van der Waals surface area contributed by atoms with Crippen LogP contribution in [0, 0.1) is 0 Å². The van der Waals surface area contributed by atoms with E-state index in [-0.39, 0.29) is 6.42 Å². The Morgan fingerprint density at radius 3 is 2.61 bits per heavy atom. The molecule has 8 heteroatoms. The number of carbonyl (C=O) groups is 1. The zero-order valence-electron chi connectivity index (χ0n) is 19.3. The molecule has 1 N–H and O–H groups in total. The maximum atomic E-state index is 11.2. The molecule has 0 amide bonds. The predicted molar refractivity (Wildman–Crippen MR) is 128 cm³/mol. The zero-order valence-corrected chi connectivity index (χ0v) is 20.0. The molecule has 0 aliphatic heterocycles. The lowest BCUT2D eigenvalue weighted by Crippen LogP contribution is -2.07. The summed E-state index contributed by atoms with van der Waals surface area (Å²) in [7, 11) is 1.55. The van der Waals surface area contributed by atoms with Crippen LogP contribution in [0.15, 0.2) is 42.7 Å². The average molecular weight is 472 g/mol. The van der Waals surface area contributed by atoms with Crippen LogP contribution in [0.1, 0.15) is 55.8 Å². The first kappa shape index (κ1) is 24.6. The van der Waals surface area contributed by atoms with Crippen LogP contribution in [0.2, 0.25) is 5.02 Å². The molecule has 2 heterocycles. The maximum Gasteiger partial charge on any atom is 0.307 e. The Hall–Kier alpha value is -3.06. The van der Waals surface area contributed by atoms with E-state index in [4.69, 9.17) is 26.2 Å². The fraction of sp³-hybridized carbons (Fsp3) is 0.400. The minimum Gasteiger partial charge on any atom is -0.493 e. The second kappa shape index (κ2) is 11.7. The van der Waals surface area contributed by atoms with Gasteiger partial charge in [-0.3, -0.25) is 4.79 Å². The summed E-state index contributed by atoms with van der Waals surface area (Å²) in [6.45, 7) is 4.78. The SMILES string of the molecule is CCC(CC)c1nn(-c2ccc(Cl)cn2)cc1CCCOc1c(CC(=O)O)cccc1OC. The molecule has 0 fully saturated rings. The van der Waals surface area contributed by atoms with Crippen LogP contribution in [0.3, 0.4) is 0 Å². The first-order valence-electron chi connectivity index (χ1n) is 11.2. The van der Waals surface area contributed by atoms with Crippen LogP contribution in [0.4, 0.5) is 0 Å². The molecule has 0 saturated carbocycles. The Balaban J connectivity index is 1.75. The van der Waals surface area contributed by atoms with Crippen LogP contribution in [0.25, 0.3) is 5.82 Å². The highest BCUT2D eigenvalue weighted by Gasteiger charge is 2.18. The van der Waals surface area contributed by atoms with Gasteiger partial charge in [0.2, 0.25) is 0 Å². The summed E-state index contributed by atoms with van der Waals surface area (Å²) in [5.74, 6) is 1.20. The fourth-order valence-electron chi connectivity index (χ4n) is 3.88. The number of ether oxygens (including phenoxy) is 2. The fourth-order valence-corrected chi connectivity index (χ4v) is 3.99. The van der Waals surface area contributed by atoms with E-state index in [1.54, 1.807) is 37.6 Å². The number of benzene rings is 1. The average Bonchev–Trinajstić information content (AvgIpc) is 3.22. The number of hydrogen-bond acceptors (Lipinski definition) is 5. The minimum absolute atomic E-state index is 0.119. The Morgan fingerprint density at radius 2 is 1.97 bits per heavy atom. The number of carboxylic acid groups (broad SMARTS) is 1. The number of hydrogen-bond donors (Lipinski definition) is 1. The van der Waals surface area contributed by atoms with E-state index in [0.717, 1.165) is 42.8 Å². The largest absolute Gasteiger partial charge is 0.493 e. The van der Waals surface area contributed by atoms with Crippen molar-refractivity contribution in [2.24, 2.45) is 0 Å². The van der Waals surface area contributed by atoms with Crippen molar-refractivity contribution in [1.82, 2.24) is 14.8 Å². The van der Waals surface area contributed by atoms with Crippen LogP contribution >= 0.6 is 11.6 Å². The van der Waals surface area contributed by atoms with Gasteiger partial charge in [0.15, 0.2) is 17.3 Å². The molecule has 33 heavy (non-hydrogen) atoms. The van der Waals surface area contributed by atoms with E-state index >= 15 is 0 Å². The number of aryl methyl sites for hydroxylation is 1. The summed E-state index contributed by atoms with van der Waals surface area (Å²) >= 11 is 5.98. The topological polar surface area (TPSA) is 86.5 Å². The Kier molecular flexibility index (Phi) is 8.72. The number of para-hydroxylation sites is 1. The zero-order chi connectivity index (χ0) is 23.8. The molecule has 1 aromatic carbocycles. The van der Waals surface area contributed by atoms with E-state index in [0.29, 0.717) is 34.6 Å². The molecule has 2 aromatic heterocycles. The Labute approximate surface area is 199 Å². The maximum absolute atomic E-state index is 11.2. The third kappa shape index (κ3) is 6.26. The van der Waals surface area contributed by atoms with Crippen molar-refractivity contribution in [3.8, 4) is 17.3 Å². The number of aliphatic carboxylic acids is 1. The van der Waals surface area contributed by atoms with E-state index in [2.05, 4.69) is 18.8 Å². The molecule has 0 radical (unpaired) electrons. The number of nitrogens with zero attached hydrogens (tertiary/aromatic N) is 3. The van der Waals surface area contributed by atoms with Gasteiger partial charge in [-0.15, -0.1) is 0 Å². The van der Waals surface area contributed by atoms with E-state index in [9.17, 15) is 9.90 Å². The Morgan fingerprint density at radius 1 is 1.18 bits per heavy atom. The lowest BCUT2D eigenvalue weighted by Gasteiger charge is -2.15. The second-order valence-corrected chi connectivity index (χ2v) is 8.24. The lowest BCUT2D eigenvalue weighted by atomic mass is 9.95. The summed E-state index contributed by atoms with van der Waals surface area (Å²) in [5, 5.41) is 14.6.